The predicted octanol–water partition coefficient (Wildman–Crippen LogP) is 3.36. The molecule has 19 heavy (non-hydrogen) atoms. The third kappa shape index (κ3) is 4.05. The summed E-state index contributed by atoms with van der Waals surface area (Å²) in [7, 11) is 0. The molecule has 106 valence electrons. The molecule has 1 aromatic heterocycles. The number of nitrogens with zero attached hydrogens (tertiary/aromatic N) is 2. The Hall–Kier alpha value is -1.37. The van der Waals surface area contributed by atoms with E-state index in [0.717, 1.165) is 12.0 Å². The van der Waals surface area contributed by atoms with E-state index in [0.29, 0.717) is 18.2 Å². The Morgan fingerprint density at radius 1 is 1.42 bits per heavy atom. The number of ether oxygens (including phenoxy) is 1. The molecule has 0 radical (unpaired) electrons. The number of halogens is 3. The maximum Gasteiger partial charge on any atom is 0.522 e. The van der Waals surface area contributed by atoms with Crippen molar-refractivity contribution in [1.82, 2.24) is 10.2 Å². The number of allylic oxidation sites excluding steroid dienone is 1. The van der Waals surface area contributed by atoms with Gasteiger partial charge in [-0.15, -0.1) is 29.9 Å². The molecule has 0 aliphatic heterocycles. The van der Waals surface area contributed by atoms with Crippen molar-refractivity contribution in [2.75, 3.05) is 0 Å². The summed E-state index contributed by atoms with van der Waals surface area (Å²) in [6, 6.07) is 0. The Labute approximate surface area is 108 Å². The first kappa shape index (κ1) is 14.0. The highest BCUT2D eigenvalue weighted by atomic mass is 19.4. The van der Waals surface area contributed by atoms with Crippen LogP contribution in [0.2, 0.25) is 0 Å². The summed E-state index contributed by atoms with van der Waals surface area (Å²) in [4.78, 5) is 0. The van der Waals surface area contributed by atoms with Gasteiger partial charge in [0.25, 0.3) is 0 Å². The summed E-state index contributed by atoms with van der Waals surface area (Å²) in [6.07, 6.45) is -3.47. The van der Waals surface area contributed by atoms with Crippen molar-refractivity contribution in [3.8, 4) is 0 Å². The van der Waals surface area contributed by atoms with E-state index < -0.39 is 12.5 Å². The lowest BCUT2D eigenvalue weighted by atomic mass is 9.82. The molecule has 0 unspecified atom stereocenters. The molecule has 7 heteroatoms. The highest BCUT2D eigenvalue weighted by molar-refractivity contribution is 5.01. The summed E-state index contributed by atoms with van der Waals surface area (Å²) in [5.41, 5.74) is 1.02. The molecule has 0 atom stereocenters. The van der Waals surface area contributed by atoms with Gasteiger partial charge in [0.2, 0.25) is 11.8 Å². The van der Waals surface area contributed by atoms with Crippen LogP contribution in [-0.4, -0.2) is 22.7 Å². The average Bonchev–Trinajstić information content (AvgIpc) is 2.66. The number of hydrogen-bond acceptors (Lipinski definition) is 4. The predicted molar refractivity (Wildman–Crippen MR) is 60.3 cm³/mol. The van der Waals surface area contributed by atoms with Gasteiger partial charge in [0, 0.05) is 12.3 Å². The fraction of sp³-hybridized carbons (Fsp3) is 0.667. The minimum Gasteiger partial charge on any atom is -0.425 e. The summed E-state index contributed by atoms with van der Waals surface area (Å²) in [6.45, 7) is 5.68. The first-order valence-corrected chi connectivity index (χ1v) is 6.04. The fourth-order valence-corrected chi connectivity index (χ4v) is 1.91. The van der Waals surface area contributed by atoms with Gasteiger partial charge in [-0.2, -0.15) is 0 Å². The quantitative estimate of drug-likeness (QED) is 0.774. The monoisotopic (exact) mass is 276 g/mol. The van der Waals surface area contributed by atoms with Crippen LogP contribution in [0.1, 0.15) is 43.9 Å². The van der Waals surface area contributed by atoms with E-state index in [1.165, 1.54) is 0 Å². The van der Waals surface area contributed by atoms with E-state index in [-0.39, 0.29) is 18.8 Å². The SMILES string of the molecule is C=C(C)CCc1nnc(C2CC(OC(F)(F)F)C2)o1. The largest absolute Gasteiger partial charge is 0.522 e. The van der Waals surface area contributed by atoms with Crippen molar-refractivity contribution in [2.24, 2.45) is 0 Å². The van der Waals surface area contributed by atoms with Crippen LogP contribution in [0, 0.1) is 0 Å². The Balaban J connectivity index is 1.80. The number of alkyl halides is 3. The second kappa shape index (κ2) is 5.32. The van der Waals surface area contributed by atoms with E-state index >= 15 is 0 Å². The molecule has 1 fully saturated rings. The van der Waals surface area contributed by atoms with Crippen LogP contribution < -0.4 is 0 Å². The summed E-state index contributed by atoms with van der Waals surface area (Å²) < 4.78 is 45.2. The van der Waals surface area contributed by atoms with Gasteiger partial charge < -0.3 is 4.42 Å². The van der Waals surface area contributed by atoms with Crippen molar-refractivity contribution < 1.29 is 22.3 Å². The van der Waals surface area contributed by atoms with Crippen LogP contribution in [-0.2, 0) is 11.2 Å². The normalized spacial score (nSPS) is 23.2. The first-order valence-electron chi connectivity index (χ1n) is 6.04. The summed E-state index contributed by atoms with van der Waals surface area (Å²) in [5.74, 6) is 0.773. The van der Waals surface area contributed by atoms with Gasteiger partial charge in [-0.3, -0.25) is 4.74 Å². The topological polar surface area (TPSA) is 48.2 Å². The molecule has 1 aliphatic carbocycles. The molecule has 1 heterocycles. The van der Waals surface area contributed by atoms with E-state index in [4.69, 9.17) is 4.42 Å². The van der Waals surface area contributed by atoms with E-state index in [1.54, 1.807) is 0 Å². The molecule has 1 saturated carbocycles. The smallest absolute Gasteiger partial charge is 0.425 e. The fourth-order valence-electron chi connectivity index (χ4n) is 1.91. The van der Waals surface area contributed by atoms with Gasteiger partial charge in [-0.25, -0.2) is 0 Å². The van der Waals surface area contributed by atoms with Crippen LogP contribution >= 0.6 is 0 Å². The molecule has 1 aromatic rings. The van der Waals surface area contributed by atoms with Crippen LogP contribution in [0.4, 0.5) is 13.2 Å². The lowest BCUT2D eigenvalue weighted by Crippen LogP contribution is -2.34. The highest BCUT2D eigenvalue weighted by Gasteiger charge is 2.42. The molecule has 4 nitrogen and oxygen atoms in total. The molecule has 0 aromatic carbocycles. The van der Waals surface area contributed by atoms with E-state index in [1.807, 2.05) is 6.92 Å². The van der Waals surface area contributed by atoms with Gasteiger partial charge >= 0.3 is 6.36 Å². The standard InChI is InChI=1S/C12H15F3N2O2/c1-7(2)3-4-10-16-17-11(18-10)8-5-9(6-8)19-12(13,14)15/h8-9H,1,3-6H2,2H3. The van der Waals surface area contributed by atoms with Gasteiger partial charge in [0.15, 0.2) is 0 Å². The molecule has 1 aliphatic rings. The number of aryl methyl sites for hydroxylation is 1. The lowest BCUT2D eigenvalue weighted by Gasteiger charge is -2.32. The second-order valence-electron chi connectivity index (χ2n) is 4.85. The zero-order valence-corrected chi connectivity index (χ0v) is 10.5. The average molecular weight is 276 g/mol. The Bertz CT molecular complexity index is 450. The number of rotatable bonds is 5. The maximum atomic E-state index is 12.0. The van der Waals surface area contributed by atoms with E-state index in [9.17, 15) is 13.2 Å². The number of hydrogen-bond donors (Lipinski definition) is 0. The van der Waals surface area contributed by atoms with Gasteiger partial charge in [-0.1, -0.05) is 5.57 Å². The lowest BCUT2D eigenvalue weighted by molar-refractivity contribution is -0.352. The van der Waals surface area contributed by atoms with Gasteiger partial charge in [-0.05, 0) is 26.2 Å². The molecule has 0 N–H and O–H groups in total. The molecule has 0 saturated heterocycles. The second-order valence-corrected chi connectivity index (χ2v) is 4.85. The Morgan fingerprint density at radius 2 is 2.11 bits per heavy atom. The van der Waals surface area contributed by atoms with Crippen molar-refractivity contribution >= 4 is 0 Å². The first-order chi connectivity index (χ1) is 8.83. The molecule has 2 rings (SSSR count). The minimum atomic E-state index is -4.57. The molecule has 0 spiro atoms. The van der Waals surface area contributed by atoms with Crippen molar-refractivity contribution in [3.63, 3.8) is 0 Å². The molecule has 0 bridgehead atoms. The van der Waals surface area contributed by atoms with Gasteiger partial charge in [0.1, 0.15) is 0 Å². The molecule has 0 amide bonds. The Kier molecular flexibility index (Phi) is 3.93. The maximum absolute atomic E-state index is 12.0. The summed E-state index contributed by atoms with van der Waals surface area (Å²) in [5, 5.41) is 7.73. The third-order valence-electron chi connectivity index (χ3n) is 2.99. The van der Waals surface area contributed by atoms with Crippen molar-refractivity contribution in [1.29, 1.82) is 0 Å². The van der Waals surface area contributed by atoms with Crippen LogP contribution in [0.5, 0.6) is 0 Å². The Morgan fingerprint density at radius 3 is 2.68 bits per heavy atom. The van der Waals surface area contributed by atoms with Crippen LogP contribution in [0.15, 0.2) is 16.6 Å². The van der Waals surface area contributed by atoms with Crippen molar-refractivity contribution in [3.05, 3.63) is 23.9 Å². The molecular formula is C12H15F3N2O2. The summed E-state index contributed by atoms with van der Waals surface area (Å²) >= 11 is 0. The third-order valence-corrected chi connectivity index (χ3v) is 2.99. The highest BCUT2D eigenvalue weighted by Crippen LogP contribution is 2.40. The van der Waals surface area contributed by atoms with E-state index in [2.05, 4.69) is 21.5 Å². The van der Waals surface area contributed by atoms with Gasteiger partial charge in [0.05, 0.1) is 6.10 Å². The zero-order chi connectivity index (χ0) is 14.0. The van der Waals surface area contributed by atoms with Crippen LogP contribution in [0.25, 0.3) is 0 Å². The van der Waals surface area contributed by atoms with Crippen molar-refractivity contribution in [2.45, 2.75) is 51.0 Å². The molecular weight excluding hydrogens is 261 g/mol. The minimum absolute atomic E-state index is 0.126. The number of aromatic nitrogens is 2. The zero-order valence-electron chi connectivity index (χ0n) is 10.5. The van der Waals surface area contributed by atoms with Crippen LogP contribution in [0.3, 0.4) is 0 Å².